The van der Waals surface area contributed by atoms with Crippen molar-refractivity contribution in [1.82, 2.24) is 0 Å². The van der Waals surface area contributed by atoms with Crippen LogP contribution in [0.15, 0.2) is 17.3 Å². The van der Waals surface area contributed by atoms with E-state index in [9.17, 15) is 8.78 Å². The van der Waals surface area contributed by atoms with E-state index in [1.807, 2.05) is 0 Å². The number of nitrogens with zero attached hydrogens (tertiary/aromatic N) is 1. The zero-order valence-electron chi connectivity index (χ0n) is 9.67. The molecule has 0 aliphatic heterocycles. The number of benzene rings is 1. The summed E-state index contributed by atoms with van der Waals surface area (Å²) >= 11 is 0. The van der Waals surface area contributed by atoms with Crippen molar-refractivity contribution in [1.29, 1.82) is 0 Å². The van der Waals surface area contributed by atoms with E-state index in [1.165, 1.54) is 12.1 Å². The highest BCUT2D eigenvalue weighted by atomic mass is 19.1. The summed E-state index contributed by atoms with van der Waals surface area (Å²) in [4.78, 5) is 0. The van der Waals surface area contributed by atoms with E-state index < -0.39 is 11.6 Å². The lowest BCUT2D eigenvalue weighted by molar-refractivity contribution is 0.315. The molecule has 1 aromatic carbocycles. The maximum absolute atomic E-state index is 13.6. The van der Waals surface area contributed by atoms with Crippen LogP contribution in [0.5, 0.6) is 0 Å². The van der Waals surface area contributed by atoms with Crippen LogP contribution in [0.4, 0.5) is 14.5 Å². The van der Waals surface area contributed by atoms with Gasteiger partial charge in [-0.1, -0.05) is 18.1 Å². The Morgan fingerprint density at radius 3 is 2.76 bits per heavy atom. The van der Waals surface area contributed by atoms with Crippen LogP contribution >= 0.6 is 0 Å². The van der Waals surface area contributed by atoms with Crippen molar-refractivity contribution in [3.63, 3.8) is 0 Å². The van der Waals surface area contributed by atoms with Crippen molar-refractivity contribution in [2.24, 2.45) is 16.8 Å². The molecule has 0 spiro atoms. The predicted molar refractivity (Wildman–Crippen MR) is 62.2 cm³/mol. The van der Waals surface area contributed by atoms with Gasteiger partial charge in [-0.3, -0.25) is 0 Å². The molecule has 94 valence electrons. The van der Waals surface area contributed by atoms with E-state index in [-0.39, 0.29) is 24.0 Å². The normalized spacial score (nSPS) is 13.5. The van der Waals surface area contributed by atoms with Crippen LogP contribution in [0.2, 0.25) is 0 Å². The van der Waals surface area contributed by atoms with Gasteiger partial charge in [-0.15, -0.1) is 0 Å². The van der Waals surface area contributed by atoms with E-state index in [4.69, 9.17) is 10.9 Å². The summed E-state index contributed by atoms with van der Waals surface area (Å²) in [5, 5.41) is 13.9. The molecule has 0 amide bonds. The van der Waals surface area contributed by atoms with E-state index in [1.54, 1.807) is 13.8 Å². The third-order valence-electron chi connectivity index (χ3n) is 2.49. The maximum Gasteiger partial charge on any atom is 0.152 e. The van der Waals surface area contributed by atoms with Crippen LogP contribution in [0, 0.1) is 24.5 Å². The average molecular weight is 243 g/mol. The molecule has 6 heteroatoms. The van der Waals surface area contributed by atoms with Gasteiger partial charge in [0.1, 0.15) is 17.3 Å². The van der Waals surface area contributed by atoms with Gasteiger partial charge in [-0.25, -0.2) is 8.78 Å². The first-order chi connectivity index (χ1) is 7.97. The lowest BCUT2D eigenvalue weighted by Crippen LogP contribution is -2.27. The van der Waals surface area contributed by atoms with Crippen molar-refractivity contribution in [2.75, 3.05) is 11.9 Å². The second-order valence-corrected chi connectivity index (χ2v) is 3.86. The molecule has 0 saturated heterocycles. The number of rotatable bonds is 4. The Morgan fingerprint density at radius 2 is 2.18 bits per heavy atom. The molecule has 1 atom stereocenters. The number of aryl methyl sites for hydroxylation is 1. The standard InChI is InChI=1S/C11H15F2N3O/c1-6-3-4-8(12)10(9(6)13)15-5-7(2)11(14)16-17/h3-4,7,15,17H,5H2,1-2H3,(H2,14,16). The van der Waals surface area contributed by atoms with E-state index in [2.05, 4.69) is 10.5 Å². The van der Waals surface area contributed by atoms with Crippen LogP contribution in [0.1, 0.15) is 12.5 Å². The van der Waals surface area contributed by atoms with Crippen LogP contribution in [0.3, 0.4) is 0 Å². The van der Waals surface area contributed by atoms with Gasteiger partial charge in [0.25, 0.3) is 0 Å². The van der Waals surface area contributed by atoms with Gasteiger partial charge in [-0.05, 0) is 18.6 Å². The topological polar surface area (TPSA) is 70.6 Å². The van der Waals surface area contributed by atoms with Crippen molar-refractivity contribution in [3.8, 4) is 0 Å². The first-order valence-corrected chi connectivity index (χ1v) is 5.13. The summed E-state index contributed by atoms with van der Waals surface area (Å²) in [6, 6.07) is 2.55. The fourth-order valence-electron chi connectivity index (χ4n) is 1.28. The molecule has 0 heterocycles. The summed E-state index contributed by atoms with van der Waals surface area (Å²) in [5.41, 5.74) is 5.52. The van der Waals surface area contributed by atoms with Gasteiger partial charge < -0.3 is 16.3 Å². The van der Waals surface area contributed by atoms with E-state index in [0.29, 0.717) is 5.56 Å². The first kappa shape index (κ1) is 13.2. The number of amidine groups is 1. The number of halogens is 2. The maximum atomic E-state index is 13.6. The number of nitrogens with two attached hydrogens (primary N) is 1. The molecule has 1 aromatic rings. The molecule has 1 unspecified atom stereocenters. The minimum absolute atomic E-state index is 0.00553. The number of oxime groups is 1. The molecule has 0 aliphatic carbocycles. The quantitative estimate of drug-likeness (QED) is 0.328. The highest BCUT2D eigenvalue weighted by Gasteiger charge is 2.13. The van der Waals surface area contributed by atoms with Crippen LogP contribution in [-0.2, 0) is 0 Å². The minimum atomic E-state index is -0.667. The summed E-state index contributed by atoms with van der Waals surface area (Å²) in [6.07, 6.45) is 0. The summed E-state index contributed by atoms with van der Waals surface area (Å²) in [7, 11) is 0. The summed E-state index contributed by atoms with van der Waals surface area (Å²) in [6.45, 7) is 3.40. The molecule has 0 bridgehead atoms. The molecular weight excluding hydrogens is 228 g/mol. The number of anilines is 1. The minimum Gasteiger partial charge on any atom is -0.409 e. The third-order valence-corrected chi connectivity index (χ3v) is 2.49. The number of hydrogen-bond donors (Lipinski definition) is 3. The first-order valence-electron chi connectivity index (χ1n) is 5.13. The van der Waals surface area contributed by atoms with Gasteiger partial charge >= 0.3 is 0 Å². The van der Waals surface area contributed by atoms with Crippen molar-refractivity contribution in [3.05, 3.63) is 29.3 Å². The molecule has 4 N–H and O–H groups in total. The molecule has 0 saturated carbocycles. The SMILES string of the molecule is Cc1ccc(F)c(NCC(C)/C(N)=N/O)c1F. The van der Waals surface area contributed by atoms with Gasteiger partial charge in [0.2, 0.25) is 0 Å². The second-order valence-electron chi connectivity index (χ2n) is 3.86. The highest BCUT2D eigenvalue weighted by Crippen LogP contribution is 2.21. The Labute approximate surface area is 98.1 Å². The van der Waals surface area contributed by atoms with E-state index in [0.717, 1.165) is 0 Å². The predicted octanol–water partition coefficient (Wildman–Crippen LogP) is 2.07. The molecule has 4 nitrogen and oxygen atoms in total. The molecule has 0 aliphatic rings. The smallest absolute Gasteiger partial charge is 0.152 e. The molecule has 1 rings (SSSR count). The lowest BCUT2D eigenvalue weighted by Gasteiger charge is -2.14. The fraction of sp³-hybridized carbons (Fsp3) is 0.364. The van der Waals surface area contributed by atoms with Gasteiger partial charge in [0, 0.05) is 12.5 Å². The Morgan fingerprint density at radius 1 is 1.53 bits per heavy atom. The largest absolute Gasteiger partial charge is 0.409 e. The highest BCUT2D eigenvalue weighted by molar-refractivity contribution is 5.82. The summed E-state index contributed by atoms with van der Waals surface area (Å²) in [5.74, 6) is -1.62. The Bertz CT molecular complexity index is 435. The monoisotopic (exact) mass is 243 g/mol. The Balaban J connectivity index is 2.79. The number of nitrogens with one attached hydrogen (secondary N) is 1. The molecule has 0 aromatic heterocycles. The zero-order valence-corrected chi connectivity index (χ0v) is 9.67. The van der Waals surface area contributed by atoms with Gasteiger partial charge in [0.15, 0.2) is 5.82 Å². The number of hydrogen-bond acceptors (Lipinski definition) is 3. The van der Waals surface area contributed by atoms with Crippen LogP contribution in [-0.4, -0.2) is 17.6 Å². The lowest BCUT2D eigenvalue weighted by atomic mass is 10.1. The van der Waals surface area contributed by atoms with Crippen molar-refractivity contribution in [2.45, 2.75) is 13.8 Å². The van der Waals surface area contributed by atoms with Gasteiger partial charge in [0.05, 0.1) is 0 Å². The van der Waals surface area contributed by atoms with Crippen LogP contribution < -0.4 is 11.1 Å². The van der Waals surface area contributed by atoms with E-state index >= 15 is 0 Å². The molecule has 0 fully saturated rings. The Hall–Kier alpha value is -1.85. The average Bonchev–Trinajstić information content (AvgIpc) is 2.32. The second kappa shape index (κ2) is 5.47. The fourth-order valence-corrected chi connectivity index (χ4v) is 1.28. The summed E-state index contributed by atoms with van der Waals surface area (Å²) < 4.78 is 26.9. The third kappa shape index (κ3) is 3.05. The van der Waals surface area contributed by atoms with Crippen molar-refractivity contribution >= 4 is 11.5 Å². The van der Waals surface area contributed by atoms with Crippen molar-refractivity contribution < 1.29 is 14.0 Å². The van der Waals surface area contributed by atoms with Crippen LogP contribution in [0.25, 0.3) is 0 Å². The Kier molecular flexibility index (Phi) is 4.25. The molecule has 17 heavy (non-hydrogen) atoms. The zero-order chi connectivity index (χ0) is 13.0. The molecular formula is C11H15F2N3O. The van der Waals surface area contributed by atoms with Gasteiger partial charge in [-0.2, -0.15) is 0 Å². The molecule has 0 radical (unpaired) electrons.